The second-order valence-electron chi connectivity index (χ2n) is 4.51. The lowest BCUT2D eigenvalue weighted by molar-refractivity contribution is 0.672. The van der Waals surface area contributed by atoms with Crippen molar-refractivity contribution in [1.82, 2.24) is 4.98 Å². The van der Waals surface area contributed by atoms with Crippen LogP contribution in [0.4, 0.5) is 5.69 Å². The second kappa shape index (κ2) is 4.19. The number of fused-ring (bicyclic) bond motifs is 2. The number of pyridine rings is 1. The summed E-state index contributed by atoms with van der Waals surface area (Å²) >= 11 is 6.24. The smallest absolute Gasteiger partial charge is 0.0912 e. The molecule has 2 aromatic rings. The zero-order valence-electron chi connectivity index (χ0n) is 9.89. The minimum atomic E-state index is 0.743. The van der Waals surface area contributed by atoms with Gasteiger partial charge in [-0.15, -0.1) is 0 Å². The Morgan fingerprint density at radius 2 is 2.06 bits per heavy atom. The van der Waals surface area contributed by atoms with E-state index in [0.29, 0.717) is 0 Å². The summed E-state index contributed by atoms with van der Waals surface area (Å²) in [6, 6.07) is 5.99. The maximum Gasteiger partial charge on any atom is 0.0912 e. The van der Waals surface area contributed by atoms with Crippen molar-refractivity contribution in [1.29, 1.82) is 0 Å². The molecule has 3 heteroatoms. The number of aryl methyl sites for hydroxylation is 1. The summed E-state index contributed by atoms with van der Waals surface area (Å²) in [5.41, 5.74) is 4.75. The summed E-state index contributed by atoms with van der Waals surface area (Å²) in [7, 11) is 1.98. The van der Waals surface area contributed by atoms with Gasteiger partial charge in [0.2, 0.25) is 0 Å². The number of anilines is 1. The Bertz CT molecular complexity index is 578. The number of hydrogen-bond acceptors (Lipinski definition) is 2. The lowest BCUT2D eigenvalue weighted by Gasteiger charge is -2.20. The van der Waals surface area contributed by atoms with Crippen LogP contribution in [-0.2, 0) is 12.8 Å². The number of nitrogens with zero attached hydrogens (tertiary/aromatic N) is 1. The molecule has 1 aromatic carbocycles. The first-order chi connectivity index (χ1) is 8.31. The fourth-order valence-electron chi connectivity index (χ4n) is 2.70. The molecular formula is C14H15ClN2. The van der Waals surface area contributed by atoms with E-state index in [2.05, 4.69) is 11.4 Å². The number of hydrogen-bond donors (Lipinski definition) is 1. The lowest BCUT2D eigenvalue weighted by Crippen LogP contribution is -2.09. The Kier molecular flexibility index (Phi) is 2.67. The van der Waals surface area contributed by atoms with Crippen LogP contribution in [0.5, 0.6) is 0 Å². The van der Waals surface area contributed by atoms with E-state index in [-0.39, 0.29) is 0 Å². The predicted octanol–water partition coefficient (Wildman–Crippen LogP) is 3.81. The Morgan fingerprint density at radius 3 is 2.88 bits per heavy atom. The van der Waals surface area contributed by atoms with Crippen LogP contribution < -0.4 is 5.32 Å². The minimum Gasteiger partial charge on any atom is -0.387 e. The summed E-state index contributed by atoms with van der Waals surface area (Å²) in [6.45, 7) is 0. The van der Waals surface area contributed by atoms with Crippen LogP contribution in [0.2, 0.25) is 5.02 Å². The molecule has 0 saturated carbocycles. The molecule has 0 bridgehead atoms. The van der Waals surface area contributed by atoms with Crippen LogP contribution in [0, 0.1) is 0 Å². The van der Waals surface area contributed by atoms with E-state index in [4.69, 9.17) is 16.6 Å². The number of nitrogens with one attached hydrogen (secondary N) is 1. The van der Waals surface area contributed by atoms with E-state index in [1.807, 2.05) is 19.2 Å². The number of benzene rings is 1. The molecule has 1 aliphatic carbocycles. The van der Waals surface area contributed by atoms with Gasteiger partial charge in [-0.2, -0.15) is 0 Å². The van der Waals surface area contributed by atoms with Gasteiger partial charge in [0.1, 0.15) is 0 Å². The van der Waals surface area contributed by atoms with Crippen LogP contribution in [0.15, 0.2) is 18.2 Å². The Hall–Kier alpha value is -1.28. The van der Waals surface area contributed by atoms with E-state index in [1.54, 1.807) is 0 Å². The quantitative estimate of drug-likeness (QED) is 0.828. The summed E-state index contributed by atoms with van der Waals surface area (Å²) in [6.07, 6.45) is 4.70. The standard InChI is InChI=1S/C14H15ClN2/c1-16-13-9-5-2-3-8-12(9)17-14-10(13)6-4-7-11(14)15/h4,6-7H,2-3,5,8H2,1H3,(H,16,17). The zero-order chi connectivity index (χ0) is 11.8. The van der Waals surface area contributed by atoms with E-state index < -0.39 is 0 Å². The average Bonchev–Trinajstić information content (AvgIpc) is 2.37. The van der Waals surface area contributed by atoms with Crippen molar-refractivity contribution in [3.8, 4) is 0 Å². The normalized spacial score (nSPS) is 14.7. The summed E-state index contributed by atoms with van der Waals surface area (Å²) in [5.74, 6) is 0. The van der Waals surface area contributed by atoms with E-state index >= 15 is 0 Å². The first-order valence-electron chi connectivity index (χ1n) is 6.09. The third-order valence-corrected chi connectivity index (χ3v) is 3.80. The van der Waals surface area contributed by atoms with Gasteiger partial charge in [-0.1, -0.05) is 23.7 Å². The highest BCUT2D eigenvalue weighted by atomic mass is 35.5. The van der Waals surface area contributed by atoms with Gasteiger partial charge in [0.05, 0.1) is 10.5 Å². The lowest BCUT2D eigenvalue weighted by atomic mass is 9.93. The van der Waals surface area contributed by atoms with Gasteiger partial charge in [-0.3, -0.25) is 4.98 Å². The molecule has 0 amide bonds. The minimum absolute atomic E-state index is 0.743. The highest BCUT2D eigenvalue weighted by Gasteiger charge is 2.18. The van der Waals surface area contributed by atoms with Crippen molar-refractivity contribution in [2.75, 3.05) is 12.4 Å². The van der Waals surface area contributed by atoms with Gasteiger partial charge in [0.15, 0.2) is 0 Å². The maximum absolute atomic E-state index is 6.24. The van der Waals surface area contributed by atoms with Crippen LogP contribution >= 0.6 is 11.6 Å². The highest BCUT2D eigenvalue weighted by Crippen LogP contribution is 2.35. The van der Waals surface area contributed by atoms with Crippen LogP contribution in [0.25, 0.3) is 10.9 Å². The first-order valence-corrected chi connectivity index (χ1v) is 6.47. The molecule has 0 radical (unpaired) electrons. The molecule has 88 valence electrons. The molecule has 0 unspecified atom stereocenters. The number of halogens is 1. The third kappa shape index (κ3) is 1.67. The topological polar surface area (TPSA) is 24.9 Å². The monoisotopic (exact) mass is 246 g/mol. The van der Waals surface area contributed by atoms with Crippen LogP contribution in [0.1, 0.15) is 24.1 Å². The molecule has 2 nitrogen and oxygen atoms in total. The summed E-state index contributed by atoms with van der Waals surface area (Å²) in [4.78, 5) is 4.75. The van der Waals surface area contributed by atoms with E-state index in [9.17, 15) is 0 Å². The molecule has 0 atom stereocenters. The first kappa shape index (κ1) is 10.8. The molecule has 0 spiro atoms. The molecule has 1 N–H and O–H groups in total. The van der Waals surface area contributed by atoms with Crippen molar-refractivity contribution in [2.45, 2.75) is 25.7 Å². The number of rotatable bonds is 1. The molecule has 3 rings (SSSR count). The van der Waals surface area contributed by atoms with Crippen molar-refractivity contribution >= 4 is 28.2 Å². The maximum atomic E-state index is 6.24. The number of aromatic nitrogens is 1. The Morgan fingerprint density at radius 1 is 1.24 bits per heavy atom. The van der Waals surface area contributed by atoms with Crippen molar-refractivity contribution in [2.24, 2.45) is 0 Å². The van der Waals surface area contributed by atoms with Crippen molar-refractivity contribution < 1.29 is 0 Å². The van der Waals surface area contributed by atoms with Gasteiger partial charge in [-0.05, 0) is 37.3 Å². The molecule has 1 heterocycles. The fraction of sp³-hybridized carbons (Fsp3) is 0.357. The molecule has 0 fully saturated rings. The van der Waals surface area contributed by atoms with Crippen LogP contribution in [0.3, 0.4) is 0 Å². The van der Waals surface area contributed by atoms with Crippen molar-refractivity contribution in [3.63, 3.8) is 0 Å². The fourth-order valence-corrected chi connectivity index (χ4v) is 2.91. The molecule has 17 heavy (non-hydrogen) atoms. The predicted molar refractivity (Wildman–Crippen MR) is 72.9 cm³/mol. The molecule has 1 aliphatic rings. The summed E-state index contributed by atoms with van der Waals surface area (Å²) in [5, 5.41) is 5.21. The van der Waals surface area contributed by atoms with Gasteiger partial charge in [-0.25, -0.2) is 0 Å². The SMILES string of the molecule is CNc1c2c(nc3c(Cl)cccc13)CCCC2. The van der Waals surface area contributed by atoms with E-state index in [0.717, 1.165) is 28.8 Å². The molecular weight excluding hydrogens is 232 g/mol. The average molecular weight is 247 g/mol. The second-order valence-corrected chi connectivity index (χ2v) is 4.91. The van der Waals surface area contributed by atoms with Crippen molar-refractivity contribution in [3.05, 3.63) is 34.5 Å². The van der Waals surface area contributed by atoms with Gasteiger partial charge in [0, 0.05) is 23.8 Å². The molecule has 0 aliphatic heterocycles. The largest absolute Gasteiger partial charge is 0.387 e. The van der Waals surface area contributed by atoms with Crippen LogP contribution in [-0.4, -0.2) is 12.0 Å². The Balaban J connectivity index is 2.39. The van der Waals surface area contributed by atoms with Gasteiger partial charge >= 0.3 is 0 Å². The summed E-state index contributed by atoms with van der Waals surface area (Å²) < 4.78 is 0. The number of para-hydroxylation sites is 1. The molecule has 0 saturated heterocycles. The Labute approximate surface area is 106 Å². The highest BCUT2D eigenvalue weighted by molar-refractivity contribution is 6.35. The zero-order valence-corrected chi connectivity index (χ0v) is 10.6. The van der Waals surface area contributed by atoms with Gasteiger partial charge < -0.3 is 5.32 Å². The van der Waals surface area contributed by atoms with Gasteiger partial charge in [0.25, 0.3) is 0 Å². The third-order valence-electron chi connectivity index (χ3n) is 3.49. The van der Waals surface area contributed by atoms with E-state index in [1.165, 1.54) is 29.8 Å². The molecule has 1 aromatic heterocycles.